The molecule has 2 atom stereocenters. The van der Waals surface area contributed by atoms with Gasteiger partial charge in [0, 0.05) is 63.7 Å². The Hall–Kier alpha value is -5.83. The van der Waals surface area contributed by atoms with Crippen LogP contribution in [0.15, 0.2) is 60.7 Å². The van der Waals surface area contributed by atoms with Gasteiger partial charge in [0.2, 0.25) is 17.4 Å². The molecule has 6 amide bonds. The number of anilines is 1. The summed E-state index contributed by atoms with van der Waals surface area (Å²) in [7, 11) is 0. The van der Waals surface area contributed by atoms with Gasteiger partial charge in [-0.2, -0.15) is 0 Å². The maximum atomic E-state index is 13.5. The highest BCUT2D eigenvalue weighted by atomic mass is 19.1. The minimum atomic E-state index is -2.33. The van der Waals surface area contributed by atoms with Crippen molar-refractivity contribution in [2.45, 2.75) is 69.6 Å². The molecule has 0 aliphatic carbocycles. The molecular weight excluding hydrogens is 867 g/mol. The molecule has 19 heteroatoms. The summed E-state index contributed by atoms with van der Waals surface area (Å²) in [6.07, 6.45) is 2.14. The van der Waals surface area contributed by atoms with Gasteiger partial charge in [-0.25, -0.2) is 8.78 Å². The van der Waals surface area contributed by atoms with Gasteiger partial charge in [0.15, 0.2) is 0 Å². The van der Waals surface area contributed by atoms with Gasteiger partial charge in [0.1, 0.15) is 23.5 Å². The highest BCUT2D eigenvalue weighted by Crippen LogP contribution is 2.31. The normalized spacial score (nSPS) is 18.3. The average molecular weight is 921 g/mol. The Morgan fingerprint density at radius 1 is 0.758 bits per heavy atom. The van der Waals surface area contributed by atoms with Gasteiger partial charge in [-0.15, -0.1) is 0 Å². The molecule has 354 valence electrons. The van der Waals surface area contributed by atoms with Crippen molar-refractivity contribution in [1.82, 2.24) is 15.5 Å². The fourth-order valence-corrected chi connectivity index (χ4v) is 7.82. The highest BCUT2D eigenvalue weighted by molar-refractivity contribution is 6.24. The molecule has 6 rings (SSSR count). The summed E-state index contributed by atoms with van der Waals surface area (Å²) in [5.41, 5.74) is 0.260. The first-order valence-corrected chi connectivity index (χ1v) is 22.0. The molecule has 0 aromatic heterocycles. The average Bonchev–Trinajstić information content (AvgIpc) is 3.74. The topological polar surface area (TPSA) is 216 Å². The van der Waals surface area contributed by atoms with E-state index in [-0.39, 0.29) is 55.7 Å². The quantitative estimate of drug-likeness (QED) is 0.0571. The summed E-state index contributed by atoms with van der Waals surface area (Å²) in [6, 6.07) is 13.6. The van der Waals surface area contributed by atoms with Crippen LogP contribution in [-0.2, 0) is 67.0 Å². The molecule has 3 N–H and O–H groups in total. The Morgan fingerprint density at radius 3 is 1.98 bits per heavy atom. The molecule has 3 aliphatic rings. The molecule has 17 nitrogen and oxygen atoms in total. The van der Waals surface area contributed by atoms with Crippen LogP contribution in [0.5, 0.6) is 0 Å². The van der Waals surface area contributed by atoms with Crippen LogP contribution < -0.4 is 15.5 Å². The van der Waals surface area contributed by atoms with Gasteiger partial charge in [-0.1, -0.05) is 24.3 Å². The third-order valence-corrected chi connectivity index (χ3v) is 11.2. The van der Waals surface area contributed by atoms with Crippen LogP contribution in [0.25, 0.3) is 0 Å². The number of nitrogens with zero attached hydrogens (tertiary/aromatic N) is 2. The molecule has 2 unspecified atom stereocenters. The molecular formula is C47H54F2N4O13. The predicted octanol–water partition coefficient (Wildman–Crippen LogP) is 2.76. The molecule has 0 spiro atoms. The molecule has 3 heterocycles. The smallest absolute Gasteiger partial charge is 0.268 e. The van der Waals surface area contributed by atoms with Gasteiger partial charge < -0.3 is 39.0 Å². The number of rotatable bonds is 27. The van der Waals surface area contributed by atoms with Gasteiger partial charge >= 0.3 is 0 Å². The lowest BCUT2D eigenvalue weighted by Crippen LogP contribution is -2.54. The van der Waals surface area contributed by atoms with E-state index < -0.39 is 58.7 Å². The fraction of sp³-hybridized carbons (Fsp3) is 0.468. The van der Waals surface area contributed by atoms with Crippen LogP contribution in [0, 0.1) is 11.6 Å². The van der Waals surface area contributed by atoms with E-state index in [0.29, 0.717) is 115 Å². The Bertz CT molecular complexity index is 2220. The van der Waals surface area contributed by atoms with Crippen molar-refractivity contribution in [2.75, 3.05) is 77.5 Å². The van der Waals surface area contributed by atoms with Crippen molar-refractivity contribution in [3.63, 3.8) is 0 Å². The van der Waals surface area contributed by atoms with Crippen molar-refractivity contribution in [3.05, 3.63) is 100 Å². The number of Topliss-reactive ketones (excluding diaryl/α,β-unsaturated/α-hetero) is 1. The lowest BCUT2D eigenvalue weighted by atomic mass is 9.99. The largest absolute Gasteiger partial charge is 0.379 e. The summed E-state index contributed by atoms with van der Waals surface area (Å²) in [6.45, 7) is 3.63. The summed E-state index contributed by atoms with van der Waals surface area (Å²) >= 11 is 0. The van der Waals surface area contributed by atoms with E-state index in [1.165, 1.54) is 4.90 Å². The standard InChI is InChI=1S/C47H54F2N4O13/c48-34-26-32(27-35(49)29-34)30-50-45(59)47(61)14-15-52(46(47)60)36-10-8-31(9-11-36)28-37(54)6-3-17-63-19-21-65-23-25-66-24-22-64-20-18-62-16-2-5-33-4-1-7-38-41(33)44(58)53(43(38)57)39-12-13-40(55)51-42(39)56/h1,4,7-11,26-27,29,39,61H,2-3,5-6,12-25,28,30H2,(H,50,59)(H,51,55,56). The maximum Gasteiger partial charge on any atom is 0.268 e. The lowest BCUT2D eigenvalue weighted by molar-refractivity contribution is -0.149. The van der Waals surface area contributed by atoms with Crippen LogP contribution in [-0.4, -0.2) is 135 Å². The summed E-state index contributed by atoms with van der Waals surface area (Å²) in [4.78, 5) is 90.8. The molecule has 3 aromatic carbocycles. The first-order chi connectivity index (χ1) is 31.9. The van der Waals surface area contributed by atoms with Crippen LogP contribution in [0.3, 0.4) is 0 Å². The molecule has 3 aliphatic heterocycles. The first-order valence-electron chi connectivity index (χ1n) is 22.0. The zero-order valence-corrected chi connectivity index (χ0v) is 36.5. The Morgan fingerprint density at radius 2 is 1.36 bits per heavy atom. The number of piperidine rings is 1. The second-order valence-electron chi connectivity index (χ2n) is 16.0. The number of aryl methyl sites for hydroxylation is 1. The Kier molecular flexibility index (Phi) is 18.1. The summed E-state index contributed by atoms with van der Waals surface area (Å²) < 4.78 is 54.8. The number of ether oxygens (including phenoxy) is 5. The highest BCUT2D eigenvalue weighted by Gasteiger charge is 2.52. The SMILES string of the molecule is O=C(CCCOCCOCCOCCOCCOCCCc1cccc2c1C(=O)N(C1CCC(=O)NC1=O)C2=O)Cc1ccc(N2CCC(O)(C(=O)NCc3cc(F)cc(F)c3)C2=O)cc1. The third kappa shape index (κ3) is 13.2. The monoisotopic (exact) mass is 920 g/mol. The predicted molar refractivity (Wildman–Crippen MR) is 230 cm³/mol. The number of halogens is 2. The van der Waals surface area contributed by atoms with E-state index in [4.69, 9.17) is 23.7 Å². The van der Waals surface area contributed by atoms with Crippen LogP contribution in [0.1, 0.15) is 75.9 Å². The van der Waals surface area contributed by atoms with Crippen LogP contribution in [0.2, 0.25) is 0 Å². The minimum absolute atomic E-state index is 0.0169. The molecule has 2 fully saturated rings. The van der Waals surface area contributed by atoms with E-state index in [0.717, 1.165) is 22.6 Å². The number of hydrogen-bond donors (Lipinski definition) is 3. The van der Waals surface area contributed by atoms with E-state index in [1.807, 2.05) is 0 Å². The number of carbonyl (C=O) groups excluding carboxylic acids is 7. The molecule has 0 radical (unpaired) electrons. The Balaban J connectivity index is 0.725. The number of fused-ring (bicyclic) bond motifs is 1. The maximum absolute atomic E-state index is 13.5. The van der Waals surface area contributed by atoms with Crippen molar-refractivity contribution in [1.29, 1.82) is 0 Å². The number of nitrogens with one attached hydrogen (secondary N) is 2. The number of amides is 6. The van der Waals surface area contributed by atoms with Crippen molar-refractivity contribution >= 4 is 46.9 Å². The second-order valence-corrected chi connectivity index (χ2v) is 16.0. The molecule has 3 aromatic rings. The van der Waals surface area contributed by atoms with E-state index in [1.54, 1.807) is 42.5 Å². The fourth-order valence-electron chi connectivity index (χ4n) is 7.82. The Labute approximate surface area is 380 Å². The second kappa shape index (κ2) is 24.1. The number of imide groups is 2. The van der Waals surface area contributed by atoms with Gasteiger partial charge in [0.25, 0.3) is 23.6 Å². The molecule has 2 saturated heterocycles. The van der Waals surface area contributed by atoms with Crippen LogP contribution >= 0.6 is 0 Å². The van der Waals surface area contributed by atoms with Gasteiger partial charge in [-0.05, 0) is 72.7 Å². The van der Waals surface area contributed by atoms with Gasteiger partial charge in [-0.3, -0.25) is 43.8 Å². The summed E-state index contributed by atoms with van der Waals surface area (Å²) in [5, 5.41) is 15.5. The summed E-state index contributed by atoms with van der Waals surface area (Å²) in [5.74, 6) is -5.50. The van der Waals surface area contributed by atoms with Crippen molar-refractivity contribution in [3.8, 4) is 0 Å². The van der Waals surface area contributed by atoms with E-state index >= 15 is 0 Å². The van der Waals surface area contributed by atoms with Crippen molar-refractivity contribution in [2.24, 2.45) is 0 Å². The van der Waals surface area contributed by atoms with E-state index in [9.17, 15) is 47.4 Å². The minimum Gasteiger partial charge on any atom is -0.379 e. The lowest BCUT2D eigenvalue weighted by Gasteiger charge is -2.27. The number of benzene rings is 3. The number of aliphatic hydroxyl groups is 1. The van der Waals surface area contributed by atoms with Crippen LogP contribution in [0.4, 0.5) is 14.5 Å². The first kappa shape index (κ1) is 49.6. The molecule has 0 bridgehead atoms. The number of carbonyl (C=O) groups is 7. The molecule has 66 heavy (non-hydrogen) atoms. The van der Waals surface area contributed by atoms with Crippen molar-refractivity contribution < 1.29 is 71.1 Å². The third-order valence-electron chi connectivity index (χ3n) is 11.2. The zero-order chi connectivity index (χ0) is 47.1. The van der Waals surface area contributed by atoms with Gasteiger partial charge in [0.05, 0.1) is 64.0 Å². The number of ketones is 1. The van der Waals surface area contributed by atoms with E-state index in [2.05, 4.69) is 10.6 Å². The molecule has 0 saturated carbocycles. The number of hydrogen-bond acceptors (Lipinski definition) is 13. The zero-order valence-electron chi connectivity index (χ0n) is 36.5.